The van der Waals surface area contributed by atoms with Crippen molar-refractivity contribution in [1.82, 2.24) is 9.55 Å². The third kappa shape index (κ3) is 2.94. The number of carbonyl (C=O) groups excluding carboxylic acids is 1. The number of rotatable bonds is 4. The Morgan fingerprint density at radius 3 is 2.67 bits per heavy atom. The summed E-state index contributed by atoms with van der Waals surface area (Å²) in [4.78, 5) is 30.4. The lowest BCUT2D eigenvalue weighted by Crippen LogP contribution is -2.41. The minimum absolute atomic E-state index is 0.00501. The molecule has 0 spiro atoms. The van der Waals surface area contributed by atoms with E-state index in [1.165, 1.54) is 0 Å². The van der Waals surface area contributed by atoms with Gasteiger partial charge in [-0.2, -0.15) is 0 Å². The Hall–Kier alpha value is -1.85. The van der Waals surface area contributed by atoms with Crippen molar-refractivity contribution in [2.45, 2.75) is 38.6 Å². The van der Waals surface area contributed by atoms with E-state index in [0.29, 0.717) is 31.6 Å². The highest BCUT2D eigenvalue weighted by Crippen LogP contribution is 2.33. The van der Waals surface area contributed by atoms with Crippen LogP contribution in [0.5, 0.6) is 0 Å². The van der Waals surface area contributed by atoms with E-state index in [2.05, 4.69) is 4.98 Å². The largest absolute Gasteiger partial charge is 0.466 e. The third-order valence-corrected chi connectivity index (χ3v) is 4.20. The van der Waals surface area contributed by atoms with Crippen molar-refractivity contribution in [2.75, 3.05) is 24.6 Å². The summed E-state index contributed by atoms with van der Waals surface area (Å²) in [5.74, 6) is 0.357. The fourth-order valence-corrected chi connectivity index (χ4v) is 2.86. The highest BCUT2D eigenvalue weighted by molar-refractivity contribution is 5.72. The van der Waals surface area contributed by atoms with Crippen molar-refractivity contribution in [3.8, 4) is 0 Å². The Morgan fingerprint density at radius 2 is 2.05 bits per heavy atom. The number of carbonyl (C=O) groups is 1. The monoisotopic (exact) mass is 291 g/mol. The number of aromatic nitrogens is 2. The lowest BCUT2D eigenvalue weighted by Gasteiger charge is -2.31. The van der Waals surface area contributed by atoms with Gasteiger partial charge in [-0.1, -0.05) is 0 Å². The molecule has 1 aliphatic heterocycles. The van der Waals surface area contributed by atoms with Crippen LogP contribution in [-0.2, 0) is 9.53 Å². The van der Waals surface area contributed by atoms with E-state index in [1.54, 1.807) is 17.0 Å². The fourth-order valence-electron chi connectivity index (χ4n) is 2.86. The maximum Gasteiger partial charge on any atom is 0.309 e. The number of nitrogens with zero attached hydrogens (tertiary/aromatic N) is 3. The number of ether oxygens (including phenoxy) is 1. The smallest absolute Gasteiger partial charge is 0.309 e. The number of hydrogen-bond acceptors (Lipinski definition) is 5. The fraction of sp³-hybridized carbons (Fsp3) is 0.667. The van der Waals surface area contributed by atoms with Gasteiger partial charge in [0.2, 0.25) is 0 Å². The van der Waals surface area contributed by atoms with Gasteiger partial charge in [0.05, 0.1) is 12.5 Å². The van der Waals surface area contributed by atoms with Crippen molar-refractivity contribution >= 4 is 11.8 Å². The molecule has 6 heteroatoms. The first-order valence-electron chi connectivity index (χ1n) is 7.69. The van der Waals surface area contributed by atoms with Crippen molar-refractivity contribution in [3.63, 3.8) is 0 Å². The molecule has 114 valence electrons. The Morgan fingerprint density at radius 1 is 1.33 bits per heavy atom. The van der Waals surface area contributed by atoms with Crippen LogP contribution in [0, 0.1) is 5.92 Å². The second-order valence-electron chi connectivity index (χ2n) is 5.71. The van der Waals surface area contributed by atoms with Crippen LogP contribution < -0.4 is 10.5 Å². The molecule has 1 aromatic rings. The highest BCUT2D eigenvalue weighted by atomic mass is 16.5. The molecular weight excluding hydrogens is 270 g/mol. The van der Waals surface area contributed by atoms with Gasteiger partial charge in [-0.3, -0.25) is 9.59 Å². The molecule has 0 atom stereocenters. The molecule has 2 fully saturated rings. The van der Waals surface area contributed by atoms with Gasteiger partial charge in [0.15, 0.2) is 5.82 Å². The van der Waals surface area contributed by atoms with Crippen molar-refractivity contribution in [1.29, 1.82) is 0 Å². The second kappa shape index (κ2) is 5.87. The van der Waals surface area contributed by atoms with Gasteiger partial charge < -0.3 is 14.2 Å². The van der Waals surface area contributed by atoms with E-state index in [1.807, 2.05) is 11.8 Å². The number of anilines is 1. The maximum atomic E-state index is 12.4. The zero-order valence-electron chi connectivity index (χ0n) is 12.3. The highest BCUT2D eigenvalue weighted by Gasteiger charge is 2.30. The van der Waals surface area contributed by atoms with Gasteiger partial charge >= 0.3 is 5.97 Å². The first-order chi connectivity index (χ1) is 10.2. The van der Waals surface area contributed by atoms with Crippen LogP contribution in [0.1, 0.15) is 38.6 Å². The summed E-state index contributed by atoms with van der Waals surface area (Å²) in [5.41, 5.74) is -0.00501. The molecule has 1 saturated heterocycles. The molecule has 1 aromatic heterocycles. The van der Waals surface area contributed by atoms with E-state index in [9.17, 15) is 9.59 Å². The average Bonchev–Trinajstić information content (AvgIpc) is 3.33. The van der Waals surface area contributed by atoms with Crippen molar-refractivity contribution in [2.24, 2.45) is 5.92 Å². The molecule has 2 aliphatic rings. The van der Waals surface area contributed by atoms with E-state index >= 15 is 0 Å². The minimum Gasteiger partial charge on any atom is -0.466 e. The third-order valence-electron chi connectivity index (χ3n) is 4.20. The zero-order valence-corrected chi connectivity index (χ0v) is 12.3. The molecule has 1 saturated carbocycles. The summed E-state index contributed by atoms with van der Waals surface area (Å²) in [6, 6.07) is 0.358. The van der Waals surface area contributed by atoms with Crippen LogP contribution in [0.2, 0.25) is 0 Å². The van der Waals surface area contributed by atoms with Crippen LogP contribution in [0.3, 0.4) is 0 Å². The molecule has 0 radical (unpaired) electrons. The Balaban J connectivity index is 1.68. The topological polar surface area (TPSA) is 64.4 Å². The lowest BCUT2D eigenvalue weighted by molar-refractivity contribution is -0.148. The summed E-state index contributed by atoms with van der Waals surface area (Å²) in [6.45, 7) is 3.60. The molecule has 0 aromatic carbocycles. The molecule has 2 heterocycles. The molecule has 0 bridgehead atoms. The summed E-state index contributed by atoms with van der Waals surface area (Å²) >= 11 is 0. The standard InChI is InChI=1S/C15H21N3O3/c1-2-21-15(20)11-5-8-17(9-6-11)13-14(19)18(10-7-16-13)12-3-4-12/h7,10-12H,2-6,8-9H2,1H3. The SMILES string of the molecule is CCOC(=O)C1CCN(c2nccn(C3CC3)c2=O)CC1. The predicted molar refractivity (Wildman–Crippen MR) is 78.3 cm³/mol. The van der Waals surface area contributed by atoms with Gasteiger partial charge in [-0.15, -0.1) is 0 Å². The van der Waals surface area contributed by atoms with Crippen LogP contribution in [0.15, 0.2) is 17.2 Å². The van der Waals surface area contributed by atoms with E-state index in [4.69, 9.17) is 4.74 Å². The van der Waals surface area contributed by atoms with Gasteiger partial charge in [0, 0.05) is 31.5 Å². The average molecular weight is 291 g/mol. The van der Waals surface area contributed by atoms with Gasteiger partial charge in [-0.05, 0) is 32.6 Å². The van der Waals surface area contributed by atoms with E-state index in [0.717, 1.165) is 25.7 Å². The second-order valence-corrected chi connectivity index (χ2v) is 5.71. The van der Waals surface area contributed by atoms with Crippen molar-refractivity contribution in [3.05, 3.63) is 22.7 Å². The van der Waals surface area contributed by atoms with Crippen LogP contribution >= 0.6 is 0 Å². The normalized spacial score (nSPS) is 19.6. The Bertz CT molecular complexity index is 572. The van der Waals surface area contributed by atoms with Gasteiger partial charge in [0.1, 0.15) is 0 Å². The molecular formula is C15H21N3O3. The minimum atomic E-state index is -0.117. The van der Waals surface area contributed by atoms with Crippen molar-refractivity contribution < 1.29 is 9.53 Å². The van der Waals surface area contributed by atoms with E-state index in [-0.39, 0.29) is 17.4 Å². The summed E-state index contributed by atoms with van der Waals surface area (Å²) in [7, 11) is 0. The number of piperidine rings is 1. The van der Waals surface area contributed by atoms with Crippen LogP contribution in [-0.4, -0.2) is 35.2 Å². The molecule has 3 rings (SSSR count). The first kappa shape index (κ1) is 14.1. The number of hydrogen-bond donors (Lipinski definition) is 0. The molecule has 0 N–H and O–H groups in total. The summed E-state index contributed by atoms with van der Waals surface area (Å²) < 4.78 is 6.86. The number of esters is 1. The van der Waals surface area contributed by atoms with E-state index < -0.39 is 0 Å². The van der Waals surface area contributed by atoms with Gasteiger partial charge in [-0.25, -0.2) is 4.98 Å². The van der Waals surface area contributed by atoms with Gasteiger partial charge in [0.25, 0.3) is 5.56 Å². The zero-order chi connectivity index (χ0) is 14.8. The summed E-state index contributed by atoms with van der Waals surface area (Å²) in [6.07, 6.45) is 7.07. The lowest BCUT2D eigenvalue weighted by atomic mass is 9.97. The van der Waals surface area contributed by atoms with Crippen LogP contribution in [0.4, 0.5) is 5.82 Å². The maximum absolute atomic E-state index is 12.4. The predicted octanol–water partition coefficient (Wildman–Crippen LogP) is 1.36. The molecule has 0 unspecified atom stereocenters. The quantitative estimate of drug-likeness (QED) is 0.784. The molecule has 21 heavy (non-hydrogen) atoms. The molecule has 1 aliphatic carbocycles. The first-order valence-corrected chi connectivity index (χ1v) is 7.69. The Labute approximate surface area is 123 Å². The van der Waals surface area contributed by atoms with Crippen LogP contribution in [0.25, 0.3) is 0 Å². The molecule has 6 nitrogen and oxygen atoms in total. The molecule has 0 amide bonds. The summed E-state index contributed by atoms with van der Waals surface area (Å²) in [5, 5.41) is 0. The Kier molecular flexibility index (Phi) is 3.94.